The molecule has 1 rings (SSSR count). The van der Waals surface area contributed by atoms with E-state index in [1.165, 1.54) is 12.1 Å². The minimum atomic E-state index is -1.53. The van der Waals surface area contributed by atoms with Crippen molar-refractivity contribution in [3.8, 4) is 0 Å². The molecule has 0 spiro atoms. The fraction of sp³-hybridized carbons (Fsp3) is 0.308. The molecule has 0 saturated carbocycles. The Bertz CT molecular complexity index is 451. The van der Waals surface area contributed by atoms with Crippen molar-refractivity contribution in [3.05, 3.63) is 35.9 Å². The number of rotatable bonds is 5. The fourth-order valence-electron chi connectivity index (χ4n) is 1.76. The standard InChI is InChI=1S/C13H14O6/c1-18-12(16)10(13(17)19-2)9(11(14)15)8-6-4-3-5-7-8/h3-7,9-10H,1-2H3,(H,14,15). The van der Waals surface area contributed by atoms with E-state index in [9.17, 15) is 19.5 Å². The zero-order chi connectivity index (χ0) is 14.4. The smallest absolute Gasteiger partial charge is 0.321 e. The molecule has 1 aromatic carbocycles. The topological polar surface area (TPSA) is 89.9 Å². The van der Waals surface area contributed by atoms with Gasteiger partial charge >= 0.3 is 17.9 Å². The van der Waals surface area contributed by atoms with Crippen LogP contribution in [0, 0.1) is 5.92 Å². The number of esters is 2. The molecule has 1 unspecified atom stereocenters. The molecule has 0 aliphatic carbocycles. The Labute approximate surface area is 109 Å². The molecule has 102 valence electrons. The van der Waals surface area contributed by atoms with E-state index in [1.807, 2.05) is 0 Å². The number of aliphatic carboxylic acids is 1. The predicted octanol–water partition coefficient (Wildman–Crippen LogP) is 0.817. The number of carboxylic acid groups (broad SMARTS) is 1. The minimum Gasteiger partial charge on any atom is -0.481 e. The highest BCUT2D eigenvalue weighted by molar-refractivity contribution is 6.00. The maximum atomic E-state index is 11.6. The average molecular weight is 266 g/mol. The SMILES string of the molecule is COC(=O)C(C(=O)OC)C(C(=O)O)c1ccccc1. The Hall–Kier alpha value is -2.37. The molecule has 0 aliphatic heterocycles. The van der Waals surface area contributed by atoms with E-state index >= 15 is 0 Å². The first kappa shape index (κ1) is 14.7. The van der Waals surface area contributed by atoms with Gasteiger partial charge in [0.05, 0.1) is 14.2 Å². The second kappa shape index (κ2) is 6.53. The summed E-state index contributed by atoms with van der Waals surface area (Å²) in [5.74, 6) is -6.06. The van der Waals surface area contributed by atoms with Gasteiger partial charge < -0.3 is 14.6 Å². The Balaban J connectivity index is 3.24. The molecular formula is C13H14O6. The number of carbonyl (C=O) groups is 3. The van der Waals surface area contributed by atoms with Crippen LogP contribution in [0.3, 0.4) is 0 Å². The normalized spacial score (nSPS) is 11.7. The quantitative estimate of drug-likeness (QED) is 0.626. The van der Waals surface area contributed by atoms with E-state index in [0.717, 1.165) is 14.2 Å². The minimum absolute atomic E-state index is 0.329. The van der Waals surface area contributed by atoms with Crippen LogP contribution < -0.4 is 0 Å². The molecule has 1 aromatic rings. The lowest BCUT2D eigenvalue weighted by atomic mass is 9.86. The highest BCUT2D eigenvalue weighted by atomic mass is 16.5. The van der Waals surface area contributed by atoms with Gasteiger partial charge in [0.2, 0.25) is 0 Å². The van der Waals surface area contributed by atoms with E-state index in [2.05, 4.69) is 9.47 Å². The van der Waals surface area contributed by atoms with E-state index in [4.69, 9.17) is 0 Å². The molecule has 0 aromatic heterocycles. The monoisotopic (exact) mass is 266 g/mol. The number of carbonyl (C=O) groups excluding carboxylic acids is 2. The van der Waals surface area contributed by atoms with Crippen LogP contribution >= 0.6 is 0 Å². The van der Waals surface area contributed by atoms with E-state index in [1.54, 1.807) is 18.2 Å². The molecule has 1 atom stereocenters. The Morgan fingerprint density at radius 3 is 1.84 bits per heavy atom. The number of hydrogen-bond acceptors (Lipinski definition) is 5. The number of hydrogen-bond donors (Lipinski definition) is 1. The summed E-state index contributed by atoms with van der Waals surface area (Å²) >= 11 is 0. The molecule has 19 heavy (non-hydrogen) atoms. The summed E-state index contributed by atoms with van der Waals surface area (Å²) in [6.45, 7) is 0. The summed E-state index contributed by atoms with van der Waals surface area (Å²) in [6.07, 6.45) is 0. The summed E-state index contributed by atoms with van der Waals surface area (Å²) in [6, 6.07) is 8.00. The number of methoxy groups -OCH3 is 2. The fourth-order valence-corrected chi connectivity index (χ4v) is 1.76. The summed E-state index contributed by atoms with van der Waals surface area (Å²) in [5.41, 5.74) is 0.329. The molecule has 1 N–H and O–H groups in total. The van der Waals surface area contributed by atoms with Crippen molar-refractivity contribution in [1.29, 1.82) is 0 Å². The van der Waals surface area contributed by atoms with Gasteiger partial charge in [-0.25, -0.2) is 0 Å². The zero-order valence-corrected chi connectivity index (χ0v) is 10.5. The Morgan fingerprint density at radius 2 is 1.47 bits per heavy atom. The highest BCUT2D eigenvalue weighted by Gasteiger charge is 2.42. The first-order valence-electron chi connectivity index (χ1n) is 5.46. The molecule has 0 fully saturated rings. The van der Waals surface area contributed by atoms with Crippen molar-refractivity contribution in [2.45, 2.75) is 5.92 Å². The van der Waals surface area contributed by atoms with Gasteiger partial charge in [0.25, 0.3) is 0 Å². The average Bonchev–Trinajstić information content (AvgIpc) is 2.43. The van der Waals surface area contributed by atoms with Crippen molar-refractivity contribution >= 4 is 17.9 Å². The lowest BCUT2D eigenvalue weighted by Gasteiger charge is -2.20. The maximum absolute atomic E-state index is 11.6. The van der Waals surface area contributed by atoms with Crippen LogP contribution in [-0.4, -0.2) is 37.2 Å². The zero-order valence-electron chi connectivity index (χ0n) is 10.5. The van der Waals surface area contributed by atoms with Crippen LogP contribution in [-0.2, 0) is 23.9 Å². The molecule has 0 saturated heterocycles. The van der Waals surface area contributed by atoms with Gasteiger partial charge in [-0.05, 0) is 5.56 Å². The van der Waals surface area contributed by atoms with Gasteiger partial charge in [0, 0.05) is 0 Å². The highest BCUT2D eigenvalue weighted by Crippen LogP contribution is 2.27. The van der Waals surface area contributed by atoms with Crippen molar-refractivity contribution in [2.75, 3.05) is 14.2 Å². The summed E-state index contributed by atoms with van der Waals surface area (Å²) in [7, 11) is 2.17. The van der Waals surface area contributed by atoms with Gasteiger partial charge in [0.15, 0.2) is 5.92 Å². The summed E-state index contributed by atoms with van der Waals surface area (Å²) in [5, 5.41) is 9.27. The first-order chi connectivity index (χ1) is 9.02. The van der Waals surface area contributed by atoms with E-state index < -0.39 is 29.7 Å². The lowest BCUT2D eigenvalue weighted by molar-refractivity contribution is -0.164. The molecule has 0 bridgehead atoms. The van der Waals surface area contributed by atoms with Gasteiger partial charge in [-0.2, -0.15) is 0 Å². The predicted molar refractivity (Wildman–Crippen MR) is 64.3 cm³/mol. The third-order valence-corrected chi connectivity index (χ3v) is 2.67. The van der Waals surface area contributed by atoms with Crippen molar-refractivity contribution in [1.82, 2.24) is 0 Å². The third-order valence-electron chi connectivity index (χ3n) is 2.67. The maximum Gasteiger partial charge on any atom is 0.321 e. The van der Waals surface area contributed by atoms with Crippen LogP contribution in [0.5, 0.6) is 0 Å². The Morgan fingerprint density at radius 1 is 1.00 bits per heavy atom. The molecule has 6 nitrogen and oxygen atoms in total. The third kappa shape index (κ3) is 3.31. The van der Waals surface area contributed by atoms with Crippen molar-refractivity contribution in [2.24, 2.45) is 5.92 Å². The summed E-state index contributed by atoms with van der Waals surface area (Å²) < 4.78 is 8.97. The number of carboxylic acids is 1. The number of ether oxygens (including phenoxy) is 2. The van der Waals surface area contributed by atoms with Gasteiger partial charge in [0.1, 0.15) is 5.92 Å². The molecule has 0 heterocycles. The van der Waals surface area contributed by atoms with Crippen molar-refractivity contribution < 1.29 is 29.0 Å². The van der Waals surface area contributed by atoms with Crippen LogP contribution in [0.15, 0.2) is 30.3 Å². The van der Waals surface area contributed by atoms with Crippen LogP contribution in [0.2, 0.25) is 0 Å². The second-order valence-corrected chi connectivity index (χ2v) is 3.75. The molecule has 0 amide bonds. The van der Waals surface area contributed by atoms with Crippen molar-refractivity contribution in [3.63, 3.8) is 0 Å². The largest absolute Gasteiger partial charge is 0.481 e. The molecular weight excluding hydrogens is 252 g/mol. The molecule has 0 radical (unpaired) electrons. The van der Waals surface area contributed by atoms with Gasteiger partial charge in [-0.1, -0.05) is 30.3 Å². The Kier molecular flexibility index (Phi) is 5.05. The number of benzene rings is 1. The first-order valence-corrected chi connectivity index (χ1v) is 5.46. The van der Waals surface area contributed by atoms with Crippen LogP contribution in [0.4, 0.5) is 0 Å². The second-order valence-electron chi connectivity index (χ2n) is 3.75. The van der Waals surface area contributed by atoms with Gasteiger partial charge in [-0.3, -0.25) is 14.4 Å². The van der Waals surface area contributed by atoms with Crippen LogP contribution in [0.1, 0.15) is 11.5 Å². The van der Waals surface area contributed by atoms with Gasteiger partial charge in [-0.15, -0.1) is 0 Å². The lowest BCUT2D eigenvalue weighted by Crippen LogP contribution is -2.36. The van der Waals surface area contributed by atoms with E-state index in [0.29, 0.717) is 5.56 Å². The molecule has 0 aliphatic rings. The summed E-state index contributed by atoms with van der Waals surface area (Å²) in [4.78, 5) is 34.7. The van der Waals surface area contributed by atoms with E-state index in [-0.39, 0.29) is 0 Å². The van der Waals surface area contributed by atoms with Crippen LogP contribution in [0.25, 0.3) is 0 Å². The molecule has 6 heteroatoms.